The normalized spacial score (nSPS) is 11.7. The van der Waals surface area contributed by atoms with E-state index in [1.807, 2.05) is 0 Å². The van der Waals surface area contributed by atoms with Gasteiger partial charge in [0.25, 0.3) is 5.91 Å². The van der Waals surface area contributed by atoms with Crippen molar-refractivity contribution in [2.24, 2.45) is 0 Å². The first-order valence-electron chi connectivity index (χ1n) is 5.82. The van der Waals surface area contributed by atoms with Crippen LogP contribution < -0.4 is 10.1 Å². The molecule has 1 atom stereocenters. The highest BCUT2D eigenvalue weighted by Crippen LogP contribution is 2.24. The Balaban J connectivity index is 2.63. The minimum absolute atomic E-state index is 0.0566. The summed E-state index contributed by atoms with van der Waals surface area (Å²) in [5.41, 5.74) is 0. The molecule has 0 aliphatic carbocycles. The fourth-order valence-corrected chi connectivity index (χ4v) is 2.32. The van der Waals surface area contributed by atoms with Crippen molar-refractivity contribution in [1.29, 1.82) is 0 Å². The second-order valence-electron chi connectivity index (χ2n) is 3.97. The fourth-order valence-electron chi connectivity index (χ4n) is 1.56. The number of rotatable bonds is 8. The number of hydrogen-bond acceptors (Lipinski definition) is 5. The van der Waals surface area contributed by atoms with Crippen LogP contribution in [0.15, 0.2) is 11.4 Å². The first kappa shape index (κ1) is 16.0. The molecule has 0 fully saturated rings. The number of aliphatic carboxylic acids is 2. The molecule has 8 heteroatoms. The molecule has 1 aromatic rings. The standard InChI is InChI=1S/C12H15NO6S/c1-19-8-5-6-20-10(8)11(16)13-7(12(17)18)3-2-4-9(14)15/h5-7H,2-4H2,1H3,(H,13,16)(H,14,15)(H,17,18)/t7-/m1/s1. The molecule has 1 heterocycles. The summed E-state index contributed by atoms with van der Waals surface area (Å²) in [6, 6.07) is 0.494. The molecule has 0 aliphatic rings. The van der Waals surface area contributed by atoms with Gasteiger partial charge >= 0.3 is 11.9 Å². The summed E-state index contributed by atoms with van der Waals surface area (Å²) < 4.78 is 4.99. The van der Waals surface area contributed by atoms with E-state index in [2.05, 4.69) is 5.32 Å². The first-order valence-corrected chi connectivity index (χ1v) is 6.70. The summed E-state index contributed by atoms with van der Waals surface area (Å²) in [5.74, 6) is -2.36. The lowest BCUT2D eigenvalue weighted by atomic mass is 10.1. The van der Waals surface area contributed by atoms with E-state index in [-0.39, 0.29) is 24.1 Å². The van der Waals surface area contributed by atoms with Crippen molar-refractivity contribution < 1.29 is 29.3 Å². The van der Waals surface area contributed by atoms with Crippen LogP contribution in [0.4, 0.5) is 0 Å². The summed E-state index contributed by atoms with van der Waals surface area (Å²) >= 11 is 1.14. The van der Waals surface area contributed by atoms with Crippen LogP contribution in [-0.4, -0.2) is 41.2 Å². The van der Waals surface area contributed by atoms with Crippen molar-refractivity contribution in [1.82, 2.24) is 5.32 Å². The topological polar surface area (TPSA) is 113 Å². The molecular formula is C12H15NO6S. The number of methoxy groups -OCH3 is 1. The molecule has 0 saturated carbocycles. The number of thiophene rings is 1. The van der Waals surface area contributed by atoms with Crippen LogP contribution in [0, 0.1) is 0 Å². The van der Waals surface area contributed by atoms with Gasteiger partial charge in [0.05, 0.1) is 7.11 Å². The Hall–Kier alpha value is -2.09. The predicted octanol–water partition coefficient (Wildman–Crippen LogP) is 1.19. The Kier molecular flexibility index (Phi) is 5.98. The highest BCUT2D eigenvalue weighted by molar-refractivity contribution is 7.12. The number of ether oxygens (including phenoxy) is 1. The van der Waals surface area contributed by atoms with Crippen LogP contribution in [0.2, 0.25) is 0 Å². The number of carbonyl (C=O) groups excluding carboxylic acids is 1. The van der Waals surface area contributed by atoms with Gasteiger partial charge in [0.15, 0.2) is 0 Å². The zero-order valence-electron chi connectivity index (χ0n) is 10.8. The molecule has 0 unspecified atom stereocenters. The second-order valence-corrected chi connectivity index (χ2v) is 4.88. The minimum Gasteiger partial charge on any atom is -0.495 e. The fraction of sp³-hybridized carbons (Fsp3) is 0.417. The molecule has 0 aliphatic heterocycles. The number of carboxylic acid groups (broad SMARTS) is 2. The third kappa shape index (κ3) is 4.54. The third-order valence-corrected chi connectivity index (χ3v) is 3.44. The van der Waals surface area contributed by atoms with Crippen molar-refractivity contribution >= 4 is 29.2 Å². The lowest BCUT2D eigenvalue weighted by Gasteiger charge is -2.13. The van der Waals surface area contributed by atoms with Gasteiger partial charge in [-0.15, -0.1) is 11.3 Å². The summed E-state index contributed by atoms with van der Waals surface area (Å²) in [7, 11) is 1.42. The molecule has 7 nitrogen and oxygen atoms in total. The van der Waals surface area contributed by atoms with E-state index >= 15 is 0 Å². The van der Waals surface area contributed by atoms with E-state index in [0.717, 1.165) is 11.3 Å². The van der Waals surface area contributed by atoms with Gasteiger partial charge in [-0.3, -0.25) is 9.59 Å². The Labute approximate surface area is 119 Å². The molecule has 1 rings (SSSR count). The Morgan fingerprint density at radius 2 is 2.10 bits per heavy atom. The monoisotopic (exact) mass is 301 g/mol. The smallest absolute Gasteiger partial charge is 0.326 e. The molecule has 0 bridgehead atoms. The van der Waals surface area contributed by atoms with E-state index in [1.165, 1.54) is 7.11 Å². The maximum atomic E-state index is 11.9. The van der Waals surface area contributed by atoms with Crippen LogP contribution in [0.3, 0.4) is 0 Å². The van der Waals surface area contributed by atoms with Gasteiger partial charge in [-0.05, 0) is 24.3 Å². The molecule has 0 spiro atoms. The van der Waals surface area contributed by atoms with Crippen molar-refractivity contribution in [3.8, 4) is 5.75 Å². The molecule has 110 valence electrons. The summed E-state index contributed by atoms with van der Waals surface area (Å²) in [5, 5.41) is 21.6. The van der Waals surface area contributed by atoms with E-state index in [0.29, 0.717) is 5.75 Å². The SMILES string of the molecule is COc1ccsc1C(=O)N[C@H](CCCC(=O)O)C(=O)O. The van der Waals surface area contributed by atoms with Gasteiger partial charge in [0, 0.05) is 6.42 Å². The Bertz CT molecular complexity index is 498. The highest BCUT2D eigenvalue weighted by Gasteiger charge is 2.23. The molecular weight excluding hydrogens is 286 g/mol. The summed E-state index contributed by atoms with van der Waals surface area (Å²) in [4.78, 5) is 33.7. The third-order valence-electron chi connectivity index (χ3n) is 2.54. The van der Waals surface area contributed by atoms with Crippen LogP contribution in [0.1, 0.15) is 28.9 Å². The Morgan fingerprint density at radius 1 is 1.40 bits per heavy atom. The van der Waals surface area contributed by atoms with Crippen LogP contribution in [-0.2, 0) is 9.59 Å². The second kappa shape index (κ2) is 7.49. The number of carbonyl (C=O) groups is 3. The number of nitrogens with one attached hydrogen (secondary N) is 1. The number of amides is 1. The summed E-state index contributed by atoms with van der Waals surface area (Å²) in [6.45, 7) is 0. The van der Waals surface area contributed by atoms with Gasteiger partial charge in [-0.2, -0.15) is 0 Å². The first-order chi connectivity index (χ1) is 9.45. The Morgan fingerprint density at radius 3 is 2.65 bits per heavy atom. The van der Waals surface area contributed by atoms with Crippen molar-refractivity contribution in [2.45, 2.75) is 25.3 Å². The van der Waals surface area contributed by atoms with E-state index in [1.54, 1.807) is 11.4 Å². The minimum atomic E-state index is -1.20. The molecule has 1 amide bonds. The van der Waals surface area contributed by atoms with Crippen LogP contribution in [0.5, 0.6) is 5.75 Å². The van der Waals surface area contributed by atoms with Gasteiger partial charge in [0.1, 0.15) is 16.7 Å². The largest absolute Gasteiger partial charge is 0.495 e. The molecule has 20 heavy (non-hydrogen) atoms. The van der Waals surface area contributed by atoms with E-state index < -0.39 is 23.9 Å². The van der Waals surface area contributed by atoms with Crippen LogP contribution >= 0.6 is 11.3 Å². The quantitative estimate of drug-likeness (QED) is 0.665. The van der Waals surface area contributed by atoms with Gasteiger partial charge < -0.3 is 20.3 Å². The maximum Gasteiger partial charge on any atom is 0.326 e. The zero-order chi connectivity index (χ0) is 15.1. The zero-order valence-corrected chi connectivity index (χ0v) is 11.6. The van der Waals surface area contributed by atoms with Gasteiger partial charge in [0.2, 0.25) is 0 Å². The van der Waals surface area contributed by atoms with E-state index in [4.69, 9.17) is 14.9 Å². The maximum absolute atomic E-state index is 11.9. The molecule has 0 radical (unpaired) electrons. The molecule has 0 saturated heterocycles. The van der Waals surface area contributed by atoms with Crippen molar-refractivity contribution in [2.75, 3.05) is 7.11 Å². The average Bonchev–Trinajstić information content (AvgIpc) is 2.85. The lowest BCUT2D eigenvalue weighted by Crippen LogP contribution is -2.40. The van der Waals surface area contributed by atoms with Crippen LogP contribution in [0.25, 0.3) is 0 Å². The summed E-state index contributed by atoms with van der Waals surface area (Å²) in [6.07, 6.45) is 0.0944. The molecule has 0 aromatic carbocycles. The molecule has 3 N–H and O–H groups in total. The number of carboxylic acids is 2. The highest BCUT2D eigenvalue weighted by atomic mass is 32.1. The molecule has 1 aromatic heterocycles. The van der Waals surface area contributed by atoms with E-state index in [9.17, 15) is 14.4 Å². The van der Waals surface area contributed by atoms with Crippen molar-refractivity contribution in [3.05, 3.63) is 16.3 Å². The van der Waals surface area contributed by atoms with Gasteiger partial charge in [-0.1, -0.05) is 0 Å². The number of hydrogen-bond donors (Lipinski definition) is 3. The van der Waals surface area contributed by atoms with Gasteiger partial charge in [-0.25, -0.2) is 4.79 Å². The predicted molar refractivity (Wildman–Crippen MR) is 71.2 cm³/mol. The van der Waals surface area contributed by atoms with Crippen molar-refractivity contribution in [3.63, 3.8) is 0 Å². The average molecular weight is 301 g/mol. The lowest BCUT2D eigenvalue weighted by molar-refractivity contribution is -0.140.